The second kappa shape index (κ2) is 7.42. The Balaban J connectivity index is 1.92. The number of alkyl halides is 2. The van der Waals surface area contributed by atoms with Crippen molar-refractivity contribution in [2.24, 2.45) is 0 Å². The molecule has 0 bridgehead atoms. The van der Waals surface area contributed by atoms with E-state index in [0.717, 1.165) is 18.7 Å². The predicted octanol–water partition coefficient (Wildman–Crippen LogP) is 3.15. The minimum Gasteiger partial charge on any atom is -0.435 e. The van der Waals surface area contributed by atoms with Crippen LogP contribution in [-0.4, -0.2) is 46.8 Å². The van der Waals surface area contributed by atoms with Crippen LogP contribution < -0.4 is 4.74 Å². The van der Waals surface area contributed by atoms with E-state index < -0.39 is 12.7 Å². The molecule has 0 radical (unpaired) electrons. The van der Waals surface area contributed by atoms with Crippen molar-refractivity contribution >= 4 is 11.8 Å². The first-order chi connectivity index (χ1) is 9.94. The van der Waals surface area contributed by atoms with E-state index in [4.69, 9.17) is 0 Å². The van der Waals surface area contributed by atoms with Crippen LogP contribution >= 0.6 is 11.8 Å². The maximum Gasteiger partial charge on any atom is 0.387 e. The summed E-state index contributed by atoms with van der Waals surface area (Å²) in [6.07, 6.45) is -0.618. The van der Waals surface area contributed by atoms with Gasteiger partial charge in [0, 0.05) is 30.1 Å². The molecule has 1 N–H and O–H groups in total. The standard InChI is InChI=1S/C15H21F2NO2S/c1-10-7-18(8-11(2)21-10)9-14(19)12-3-5-13(6-4-12)20-15(16)17/h3-6,10-11,14-15,19H,7-9H2,1-2H3. The summed E-state index contributed by atoms with van der Waals surface area (Å²) in [7, 11) is 0. The first kappa shape index (κ1) is 16.5. The normalized spacial score (nSPS) is 25.0. The number of hydrogen-bond acceptors (Lipinski definition) is 4. The van der Waals surface area contributed by atoms with Gasteiger partial charge in [-0.2, -0.15) is 20.5 Å². The Hall–Kier alpha value is -0.850. The molecule has 1 aliphatic rings. The number of thioether (sulfide) groups is 1. The number of halogens is 2. The van der Waals surface area contributed by atoms with E-state index >= 15 is 0 Å². The maximum absolute atomic E-state index is 12.1. The Morgan fingerprint density at radius 1 is 1.24 bits per heavy atom. The SMILES string of the molecule is CC1CN(CC(O)c2ccc(OC(F)F)cc2)CC(C)S1. The number of nitrogens with zero attached hydrogens (tertiary/aromatic N) is 1. The molecular formula is C15H21F2NO2S. The van der Waals surface area contributed by atoms with Crippen molar-refractivity contribution in [3.05, 3.63) is 29.8 Å². The van der Waals surface area contributed by atoms with Crippen LogP contribution in [0.3, 0.4) is 0 Å². The molecule has 6 heteroatoms. The van der Waals surface area contributed by atoms with Gasteiger partial charge in [-0.05, 0) is 17.7 Å². The summed E-state index contributed by atoms with van der Waals surface area (Å²) in [5.74, 6) is 0.109. The molecule has 1 fully saturated rings. The van der Waals surface area contributed by atoms with E-state index in [0.29, 0.717) is 17.0 Å². The molecule has 1 aliphatic heterocycles. The van der Waals surface area contributed by atoms with Gasteiger partial charge in [0.1, 0.15) is 5.75 Å². The molecule has 3 nitrogen and oxygen atoms in total. The first-order valence-corrected chi connectivity index (χ1v) is 7.99. The molecule has 1 aromatic carbocycles. The summed E-state index contributed by atoms with van der Waals surface area (Å²) >= 11 is 1.96. The Morgan fingerprint density at radius 2 is 1.81 bits per heavy atom. The Bertz CT molecular complexity index is 434. The summed E-state index contributed by atoms with van der Waals surface area (Å²) < 4.78 is 28.5. The molecule has 0 aromatic heterocycles. The lowest BCUT2D eigenvalue weighted by atomic mass is 10.1. The van der Waals surface area contributed by atoms with Gasteiger partial charge in [0.05, 0.1) is 6.10 Å². The zero-order valence-corrected chi connectivity index (χ0v) is 13.0. The molecule has 3 atom stereocenters. The Kier molecular flexibility index (Phi) is 5.84. The van der Waals surface area contributed by atoms with Crippen LogP contribution in [0.25, 0.3) is 0 Å². The fourth-order valence-electron chi connectivity index (χ4n) is 2.65. The Labute approximate surface area is 128 Å². The quantitative estimate of drug-likeness (QED) is 0.904. The van der Waals surface area contributed by atoms with E-state index in [9.17, 15) is 13.9 Å². The molecule has 0 amide bonds. The number of aliphatic hydroxyl groups excluding tert-OH is 1. The lowest BCUT2D eigenvalue weighted by molar-refractivity contribution is -0.0498. The molecular weight excluding hydrogens is 296 g/mol. The zero-order chi connectivity index (χ0) is 15.4. The fraction of sp³-hybridized carbons (Fsp3) is 0.600. The van der Waals surface area contributed by atoms with Crippen LogP contribution in [0.2, 0.25) is 0 Å². The second-order valence-electron chi connectivity index (χ2n) is 5.44. The van der Waals surface area contributed by atoms with Crippen molar-refractivity contribution in [3.8, 4) is 5.75 Å². The fourth-order valence-corrected chi connectivity index (χ4v) is 4.04. The van der Waals surface area contributed by atoms with Gasteiger partial charge in [-0.15, -0.1) is 0 Å². The maximum atomic E-state index is 12.1. The monoisotopic (exact) mass is 317 g/mol. The van der Waals surface area contributed by atoms with Gasteiger partial charge in [-0.1, -0.05) is 26.0 Å². The molecule has 0 spiro atoms. The largest absolute Gasteiger partial charge is 0.435 e. The molecule has 0 aliphatic carbocycles. The molecule has 2 rings (SSSR count). The summed E-state index contributed by atoms with van der Waals surface area (Å²) in [4.78, 5) is 2.25. The second-order valence-corrected chi connectivity index (χ2v) is 7.32. The van der Waals surface area contributed by atoms with Crippen LogP contribution in [0.5, 0.6) is 5.75 Å². The Morgan fingerprint density at radius 3 is 2.33 bits per heavy atom. The highest BCUT2D eigenvalue weighted by Crippen LogP contribution is 2.27. The summed E-state index contributed by atoms with van der Waals surface area (Å²) in [5, 5.41) is 11.4. The van der Waals surface area contributed by atoms with Crippen molar-refractivity contribution in [3.63, 3.8) is 0 Å². The minimum absolute atomic E-state index is 0.109. The zero-order valence-electron chi connectivity index (χ0n) is 12.2. The van der Waals surface area contributed by atoms with Crippen molar-refractivity contribution < 1.29 is 18.6 Å². The number of hydrogen-bond donors (Lipinski definition) is 1. The van der Waals surface area contributed by atoms with Crippen LogP contribution in [0.1, 0.15) is 25.5 Å². The van der Waals surface area contributed by atoms with Gasteiger partial charge >= 0.3 is 6.61 Å². The van der Waals surface area contributed by atoms with Gasteiger partial charge in [0.25, 0.3) is 0 Å². The van der Waals surface area contributed by atoms with Gasteiger partial charge in [-0.25, -0.2) is 0 Å². The van der Waals surface area contributed by atoms with E-state index in [1.807, 2.05) is 11.8 Å². The molecule has 3 unspecified atom stereocenters. The van der Waals surface area contributed by atoms with Gasteiger partial charge in [0.2, 0.25) is 0 Å². The van der Waals surface area contributed by atoms with Crippen LogP contribution in [0.15, 0.2) is 24.3 Å². The van der Waals surface area contributed by atoms with Gasteiger partial charge in [-0.3, -0.25) is 4.90 Å². The number of β-amino-alcohol motifs (C(OH)–C–C–N with tert-alkyl or cyclic N) is 1. The molecule has 21 heavy (non-hydrogen) atoms. The summed E-state index contributed by atoms with van der Waals surface area (Å²) in [5.41, 5.74) is 0.718. The van der Waals surface area contributed by atoms with Crippen molar-refractivity contribution in [2.45, 2.75) is 37.1 Å². The minimum atomic E-state index is -2.82. The van der Waals surface area contributed by atoms with Gasteiger partial charge < -0.3 is 9.84 Å². The van der Waals surface area contributed by atoms with E-state index in [-0.39, 0.29) is 5.75 Å². The molecule has 1 saturated heterocycles. The number of aliphatic hydroxyl groups is 1. The molecule has 1 aromatic rings. The molecule has 1 heterocycles. The highest BCUT2D eigenvalue weighted by atomic mass is 32.2. The van der Waals surface area contributed by atoms with E-state index in [2.05, 4.69) is 23.5 Å². The topological polar surface area (TPSA) is 32.7 Å². The highest BCUT2D eigenvalue weighted by molar-refractivity contribution is 8.00. The van der Waals surface area contributed by atoms with Crippen LogP contribution in [-0.2, 0) is 0 Å². The summed E-state index contributed by atoms with van der Waals surface area (Å²) in [6.45, 7) is 4.03. The molecule has 118 valence electrons. The van der Waals surface area contributed by atoms with Crippen molar-refractivity contribution in [1.82, 2.24) is 4.90 Å². The van der Waals surface area contributed by atoms with Crippen LogP contribution in [0.4, 0.5) is 8.78 Å². The third-order valence-corrected chi connectivity index (χ3v) is 4.64. The number of rotatable bonds is 5. The number of benzene rings is 1. The van der Waals surface area contributed by atoms with Crippen molar-refractivity contribution in [2.75, 3.05) is 19.6 Å². The van der Waals surface area contributed by atoms with E-state index in [1.165, 1.54) is 12.1 Å². The van der Waals surface area contributed by atoms with E-state index in [1.54, 1.807) is 12.1 Å². The summed E-state index contributed by atoms with van der Waals surface area (Å²) in [6, 6.07) is 6.19. The molecule has 0 saturated carbocycles. The first-order valence-electron chi connectivity index (χ1n) is 7.04. The van der Waals surface area contributed by atoms with Crippen LogP contribution in [0, 0.1) is 0 Å². The van der Waals surface area contributed by atoms with Gasteiger partial charge in [0.15, 0.2) is 0 Å². The third-order valence-electron chi connectivity index (χ3n) is 3.42. The third kappa shape index (κ3) is 5.13. The highest BCUT2D eigenvalue weighted by Gasteiger charge is 2.24. The average molecular weight is 317 g/mol. The van der Waals surface area contributed by atoms with Crippen molar-refractivity contribution in [1.29, 1.82) is 0 Å². The number of ether oxygens (including phenoxy) is 1. The lowest BCUT2D eigenvalue weighted by Gasteiger charge is -2.35. The smallest absolute Gasteiger partial charge is 0.387 e. The average Bonchev–Trinajstić information content (AvgIpc) is 2.37. The lowest BCUT2D eigenvalue weighted by Crippen LogP contribution is -2.42. The predicted molar refractivity (Wildman–Crippen MR) is 81.0 cm³/mol.